The highest BCUT2D eigenvalue weighted by Gasteiger charge is 2.22. The van der Waals surface area contributed by atoms with Crippen LogP contribution in [0.3, 0.4) is 0 Å². The summed E-state index contributed by atoms with van der Waals surface area (Å²) in [6.07, 6.45) is 2.26. The van der Waals surface area contributed by atoms with Crippen LogP contribution in [-0.2, 0) is 6.54 Å². The number of nitrogens with one attached hydrogen (secondary N) is 2. The summed E-state index contributed by atoms with van der Waals surface area (Å²) in [6.45, 7) is 2.20. The molecule has 1 aliphatic rings. The molecule has 0 unspecified atom stereocenters. The third-order valence-corrected chi connectivity index (χ3v) is 3.24. The SMILES string of the molecule is CCNC(=NCc1cccc(OCC)c1OC(F)F)NC1CC1. The third kappa shape index (κ3) is 5.58. The van der Waals surface area contributed by atoms with Crippen LogP contribution in [0.1, 0.15) is 32.3 Å². The van der Waals surface area contributed by atoms with Gasteiger partial charge in [0.1, 0.15) is 0 Å². The summed E-state index contributed by atoms with van der Waals surface area (Å²) >= 11 is 0. The maximum Gasteiger partial charge on any atom is 0.387 e. The van der Waals surface area contributed by atoms with Gasteiger partial charge in [-0.15, -0.1) is 0 Å². The second-order valence-electron chi connectivity index (χ2n) is 5.17. The molecule has 0 bridgehead atoms. The van der Waals surface area contributed by atoms with Crippen molar-refractivity contribution in [3.05, 3.63) is 23.8 Å². The normalized spacial score (nSPS) is 14.7. The van der Waals surface area contributed by atoms with Crippen molar-refractivity contribution >= 4 is 5.96 Å². The summed E-state index contributed by atoms with van der Waals surface area (Å²) in [5, 5.41) is 6.42. The zero-order valence-electron chi connectivity index (χ0n) is 13.4. The molecule has 0 atom stereocenters. The number of guanidine groups is 1. The van der Waals surface area contributed by atoms with E-state index in [1.165, 1.54) is 0 Å². The Bertz CT molecular complexity index is 534. The van der Waals surface area contributed by atoms with E-state index in [-0.39, 0.29) is 12.3 Å². The first-order valence-corrected chi connectivity index (χ1v) is 7.88. The minimum atomic E-state index is -2.91. The molecule has 2 N–H and O–H groups in total. The van der Waals surface area contributed by atoms with Crippen molar-refractivity contribution in [2.45, 2.75) is 45.9 Å². The molecule has 0 amide bonds. The van der Waals surface area contributed by atoms with E-state index in [2.05, 4.69) is 20.4 Å². The summed E-state index contributed by atoms with van der Waals surface area (Å²) in [5.41, 5.74) is 0.559. The standard InChI is InChI=1S/C16H23F2N3O2/c1-3-19-16(21-12-8-9-12)20-10-11-6-5-7-13(22-4-2)14(11)23-15(17)18/h5-7,12,15H,3-4,8-10H2,1-2H3,(H2,19,20,21). The fraction of sp³-hybridized carbons (Fsp3) is 0.562. The zero-order valence-corrected chi connectivity index (χ0v) is 13.4. The second kappa shape index (κ2) is 8.55. The van der Waals surface area contributed by atoms with Gasteiger partial charge in [-0.05, 0) is 32.8 Å². The highest BCUT2D eigenvalue weighted by Crippen LogP contribution is 2.33. The number of hydrogen-bond donors (Lipinski definition) is 2. The van der Waals surface area contributed by atoms with Gasteiger partial charge >= 0.3 is 6.61 Å². The fourth-order valence-corrected chi connectivity index (χ4v) is 2.08. The van der Waals surface area contributed by atoms with E-state index in [4.69, 9.17) is 4.74 Å². The number of alkyl halides is 2. The average Bonchev–Trinajstić information content (AvgIpc) is 3.31. The lowest BCUT2D eigenvalue weighted by Gasteiger charge is -2.15. The maximum absolute atomic E-state index is 12.7. The number of para-hydroxylation sites is 1. The number of hydrogen-bond acceptors (Lipinski definition) is 3. The van der Waals surface area contributed by atoms with E-state index in [9.17, 15) is 8.78 Å². The molecule has 0 radical (unpaired) electrons. The first kappa shape index (κ1) is 17.3. The number of nitrogens with zero attached hydrogens (tertiary/aromatic N) is 1. The highest BCUT2D eigenvalue weighted by atomic mass is 19.3. The van der Waals surface area contributed by atoms with Gasteiger partial charge in [0.25, 0.3) is 0 Å². The van der Waals surface area contributed by atoms with Gasteiger partial charge in [-0.2, -0.15) is 8.78 Å². The number of benzene rings is 1. The first-order valence-electron chi connectivity index (χ1n) is 7.88. The highest BCUT2D eigenvalue weighted by molar-refractivity contribution is 5.80. The van der Waals surface area contributed by atoms with Gasteiger partial charge in [-0.3, -0.25) is 0 Å². The second-order valence-corrected chi connectivity index (χ2v) is 5.17. The van der Waals surface area contributed by atoms with E-state index in [1.807, 2.05) is 6.92 Å². The average molecular weight is 327 g/mol. The van der Waals surface area contributed by atoms with Crippen LogP contribution in [0.25, 0.3) is 0 Å². The van der Waals surface area contributed by atoms with Crippen molar-refractivity contribution in [2.24, 2.45) is 4.99 Å². The molecule has 128 valence electrons. The molecule has 2 rings (SSSR count). The number of halogens is 2. The Morgan fingerprint density at radius 2 is 2.13 bits per heavy atom. The predicted octanol–water partition coefficient (Wildman–Crippen LogP) is 2.90. The minimum Gasteiger partial charge on any atom is -0.490 e. The monoisotopic (exact) mass is 327 g/mol. The van der Waals surface area contributed by atoms with Crippen LogP contribution in [0.2, 0.25) is 0 Å². The molecule has 0 aliphatic heterocycles. The first-order chi connectivity index (χ1) is 11.1. The van der Waals surface area contributed by atoms with E-state index in [0.29, 0.717) is 29.9 Å². The van der Waals surface area contributed by atoms with Crippen molar-refractivity contribution in [1.29, 1.82) is 0 Å². The molecule has 7 heteroatoms. The van der Waals surface area contributed by atoms with Crippen molar-refractivity contribution in [1.82, 2.24) is 10.6 Å². The lowest BCUT2D eigenvalue weighted by molar-refractivity contribution is -0.0520. The van der Waals surface area contributed by atoms with Crippen molar-refractivity contribution in [3.63, 3.8) is 0 Å². The molecule has 1 aromatic rings. The largest absolute Gasteiger partial charge is 0.490 e. The molecule has 0 aromatic heterocycles. The van der Waals surface area contributed by atoms with Crippen LogP contribution < -0.4 is 20.1 Å². The van der Waals surface area contributed by atoms with Crippen LogP contribution in [0.4, 0.5) is 8.78 Å². The zero-order chi connectivity index (χ0) is 16.7. The van der Waals surface area contributed by atoms with Crippen LogP contribution in [0.15, 0.2) is 23.2 Å². The molecule has 0 saturated heterocycles. The van der Waals surface area contributed by atoms with E-state index in [1.54, 1.807) is 25.1 Å². The van der Waals surface area contributed by atoms with E-state index >= 15 is 0 Å². The maximum atomic E-state index is 12.7. The van der Waals surface area contributed by atoms with Crippen LogP contribution in [0, 0.1) is 0 Å². The molecule has 1 saturated carbocycles. The van der Waals surface area contributed by atoms with Gasteiger partial charge in [-0.25, -0.2) is 4.99 Å². The molecule has 0 spiro atoms. The van der Waals surface area contributed by atoms with Gasteiger partial charge in [0, 0.05) is 18.2 Å². The molecule has 23 heavy (non-hydrogen) atoms. The number of aliphatic imine (C=N–C) groups is 1. The predicted molar refractivity (Wildman–Crippen MR) is 85.2 cm³/mol. The van der Waals surface area contributed by atoms with Crippen molar-refractivity contribution in [3.8, 4) is 11.5 Å². The minimum absolute atomic E-state index is 0.0513. The van der Waals surface area contributed by atoms with Crippen LogP contribution >= 0.6 is 0 Å². The molecular formula is C16H23F2N3O2. The van der Waals surface area contributed by atoms with Gasteiger partial charge < -0.3 is 20.1 Å². The van der Waals surface area contributed by atoms with Gasteiger partial charge in [0.2, 0.25) is 0 Å². The smallest absolute Gasteiger partial charge is 0.387 e. The third-order valence-electron chi connectivity index (χ3n) is 3.24. The van der Waals surface area contributed by atoms with Gasteiger partial charge in [-0.1, -0.05) is 12.1 Å². The summed E-state index contributed by atoms with van der Waals surface area (Å²) in [4.78, 5) is 4.45. The van der Waals surface area contributed by atoms with Gasteiger partial charge in [0.15, 0.2) is 17.5 Å². The molecule has 0 heterocycles. The van der Waals surface area contributed by atoms with Crippen LogP contribution in [-0.4, -0.2) is 31.8 Å². The summed E-state index contributed by atoms with van der Waals surface area (Å²) in [6, 6.07) is 5.53. The molecule has 1 aliphatic carbocycles. The fourth-order valence-electron chi connectivity index (χ4n) is 2.08. The Hall–Kier alpha value is -2.05. The lowest BCUT2D eigenvalue weighted by atomic mass is 10.2. The number of rotatable bonds is 8. The van der Waals surface area contributed by atoms with Crippen molar-refractivity contribution in [2.75, 3.05) is 13.2 Å². The van der Waals surface area contributed by atoms with Crippen molar-refractivity contribution < 1.29 is 18.3 Å². The Kier molecular flexibility index (Phi) is 6.43. The Morgan fingerprint density at radius 3 is 2.74 bits per heavy atom. The summed E-state index contributed by atoms with van der Waals surface area (Å²) < 4.78 is 35.4. The lowest BCUT2D eigenvalue weighted by Crippen LogP contribution is -2.38. The number of ether oxygens (including phenoxy) is 2. The Morgan fingerprint density at radius 1 is 1.35 bits per heavy atom. The summed E-state index contributed by atoms with van der Waals surface area (Å²) in [7, 11) is 0. The quantitative estimate of drug-likeness (QED) is 0.569. The van der Waals surface area contributed by atoms with E-state index < -0.39 is 6.61 Å². The molecular weight excluding hydrogens is 304 g/mol. The topological polar surface area (TPSA) is 54.9 Å². The molecule has 1 fully saturated rings. The Balaban J connectivity index is 2.17. The molecule has 5 nitrogen and oxygen atoms in total. The Labute approximate surface area is 135 Å². The van der Waals surface area contributed by atoms with Crippen LogP contribution in [0.5, 0.6) is 11.5 Å². The van der Waals surface area contributed by atoms with Gasteiger partial charge in [0.05, 0.1) is 13.2 Å². The molecule has 1 aromatic carbocycles. The summed E-state index contributed by atoms with van der Waals surface area (Å²) in [5.74, 6) is 1.04. The van der Waals surface area contributed by atoms with E-state index in [0.717, 1.165) is 19.4 Å².